The summed E-state index contributed by atoms with van der Waals surface area (Å²) in [6.45, 7) is 5.35. The standard InChI is InChI=1S/C30H35ClN8O9S3/c1-30(2,27(46)47)48-37-19(16-13-51-28(32)34-16)23(42)36-20-24(43)38-21(26(44)45)14(12-50-25(20)38)11-39(8-3-4-9-39)10-7-33-29(49)35-15-5-6-17(40)22(41)18(15)31/h5-6,13,20,25H,3-4,7-12H2,1-2H3,(H8-,32,33,34,35,36,37,40,41,42,44,45,46,47,49)/t20-,25-/m1/s1. The average Bonchev–Trinajstić information content (AvgIpc) is 3.72. The van der Waals surface area contributed by atoms with Crippen LogP contribution in [-0.4, -0.2) is 120 Å². The zero-order valence-electron chi connectivity index (χ0n) is 27.3. The van der Waals surface area contributed by atoms with E-state index in [1.165, 1.54) is 43.1 Å². The Kier molecular flexibility index (Phi) is 11.2. The van der Waals surface area contributed by atoms with Crippen LogP contribution in [0.4, 0.5) is 10.8 Å². The number of thiocarbonyl (C=S) groups is 1. The van der Waals surface area contributed by atoms with Crippen molar-refractivity contribution < 1.29 is 48.9 Å². The monoisotopic (exact) mass is 782 g/mol. The van der Waals surface area contributed by atoms with Crippen LogP contribution in [-0.2, 0) is 24.0 Å². The topological polar surface area (TPSA) is 252 Å². The Hall–Kier alpha value is -4.37. The molecule has 0 aliphatic carbocycles. The first-order chi connectivity index (χ1) is 24.0. The Balaban J connectivity index is 1.27. The number of quaternary nitrogens is 1. The van der Waals surface area contributed by atoms with E-state index < -0.39 is 52.2 Å². The number of nitrogen functional groups attached to an aromatic ring is 1. The van der Waals surface area contributed by atoms with Crippen molar-refractivity contribution in [3.63, 3.8) is 0 Å². The third kappa shape index (κ3) is 8.09. The summed E-state index contributed by atoms with van der Waals surface area (Å²) in [6, 6.07) is 1.62. The molecule has 1 aromatic heterocycles. The number of thiazole rings is 1. The maximum Gasteiger partial charge on any atom is 0.350 e. The highest BCUT2D eigenvalue weighted by Crippen LogP contribution is 2.41. The molecule has 2 aromatic rings. The van der Waals surface area contributed by atoms with Crippen LogP contribution < -0.4 is 26.8 Å². The van der Waals surface area contributed by atoms with Crippen molar-refractivity contribution in [1.29, 1.82) is 0 Å². The number of carbonyl (C=O) groups excluding carboxylic acids is 3. The molecule has 2 amide bonds. The van der Waals surface area contributed by atoms with Crippen molar-refractivity contribution >= 4 is 92.3 Å². The van der Waals surface area contributed by atoms with Crippen LogP contribution >= 0.6 is 46.9 Å². The number of fused-ring (bicyclic) bond motifs is 1. The first kappa shape index (κ1) is 37.9. The molecule has 5 rings (SSSR count). The minimum absolute atomic E-state index is 0.00262. The number of thioether (sulfide) groups is 1. The van der Waals surface area contributed by atoms with Gasteiger partial charge in [0.25, 0.3) is 11.8 Å². The van der Waals surface area contributed by atoms with Gasteiger partial charge < -0.3 is 56.2 Å². The third-order valence-corrected chi connectivity index (χ3v) is 11.3. The predicted molar refractivity (Wildman–Crippen MR) is 191 cm³/mol. The lowest BCUT2D eigenvalue weighted by Gasteiger charge is -2.51. The second-order valence-corrected chi connectivity index (χ2v) is 15.4. The highest BCUT2D eigenvalue weighted by Gasteiger charge is 2.54. The Morgan fingerprint density at radius 1 is 1.27 bits per heavy atom. The van der Waals surface area contributed by atoms with E-state index in [0.29, 0.717) is 35.4 Å². The Bertz CT molecular complexity index is 1830. The molecule has 2 fully saturated rings. The number of amides is 2. The SMILES string of the molecule is CC(C)(O/N=C(\C(=O)N[C@@H]1C(=O)N2C(C(=O)[O-])=C(C[N+]3(CCNC(=S)Nc4ccc(O)c(O)c4Cl)CCCC3)CS[C@H]12)c1csc(N)n1)C(=O)O. The van der Waals surface area contributed by atoms with Gasteiger partial charge in [-0.1, -0.05) is 16.8 Å². The molecule has 0 spiro atoms. The van der Waals surface area contributed by atoms with Crippen LogP contribution in [0.5, 0.6) is 11.5 Å². The number of carbonyl (C=O) groups is 4. The highest BCUT2D eigenvalue weighted by molar-refractivity contribution is 8.00. The Morgan fingerprint density at radius 2 is 1.98 bits per heavy atom. The van der Waals surface area contributed by atoms with Gasteiger partial charge in [-0.3, -0.25) is 14.5 Å². The molecule has 274 valence electrons. The van der Waals surface area contributed by atoms with Gasteiger partial charge in [-0.25, -0.2) is 9.78 Å². The molecular weight excluding hydrogens is 748 g/mol. The lowest BCUT2D eigenvalue weighted by atomic mass is 10.0. The lowest BCUT2D eigenvalue weighted by molar-refractivity contribution is -0.911. The molecule has 0 radical (unpaired) electrons. The number of anilines is 2. The first-order valence-electron chi connectivity index (χ1n) is 15.5. The van der Waals surface area contributed by atoms with Gasteiger partial charge >= 0.3 is 5.97 Å². The summed E-state index contributed by atoms with van der Waals surface area (Å²) in [5, 5.41) is 54.7. The molecular formula is C30H35ClN8O9S3. The summed E-state index contributed by atoms with van der Waals surface area (Å²) >= 11 is 13.8. The summed E-state index contributed by atoms with van der Waals surface area (Å²) in [4.78, 5) is 61.2. The van der Waals surface area contributed by atoms with E-state index >= 15 is 0 Å². The van der Waals surface area contributed by atoms with E-state index in [2.05, 4.69) is 26.1 Å². The Labute approximate surface area is 310 Å². The number of aromatic nitrogens is 1. The number of phenolic OH excluding ortho intramolecular Hbond substituents is 2. The molecule has 17 nitrogen and oxygen atoms in total. The number of aliphatic carboxylic acids is 2. The molecule has 2 saturated heterocycles. The van der Waals surface area contributed by atoms with Gasteiger partial charge in [-0.05, 0) is 38.2 Å². The van der Waals surface area contributed by atoms with Crippen LogP contribution in [0, 0.1) is 0 Å². The predicted octanol–water partition coefficient (Wildman–Crippen LogP) is 0.375. The number of β-lactam (4-membered cyclic amide) rings is 1. The summed E-state index contributed by atoms with van der Waals surface area (Å²) in [7, 11) is 0. The van der Waals surface area contributed by atoms with Crippen LogP contribution in [0.3, 0.4) is 0 Å². The largest absolute Gasteiger partial charge is 0.543 e. The fraction of sp³-hybridized carbons (Fsp3) is 0.433. The Morgan fingerprint density at radius 3 is 2.61 bits per heavy atom. The number of nitrogens with two attached hydrogens (primary N) is 1. The van der Waals surface area contributed by atoms with Crippen LogP contribution in [0.15, 0.2) is 33.9 Å². The number of likely N-dealkylation sites (tertiary alicyclic amines) is 1. The lowest BCUT2D eigenvalue weighted by Crippen LogP contribution is -2.72. The number of carboxylic acid groups (broad SMARTS) is 2. The number of carboxylic acids is 2. The summed E-state index contributed by atoms with van der Waals surface area (Å²) < 4.78 is 0.541. The maximum absolute atomic E-state index is 13.5. The highest BCUT2D eigenvalue weighted by atomic mass is 35.5. The number of oxime groups is 1. The van der Waals surface area contributed by atoms with Crippen molar-refractivity contribution in [2.75, 3.05) is 49.5 Å². The van der Waals surface area contributed by atoms with E-state index in [4.69, 9.17) is 34.4 Å². The summed E-state index contributed by atoms with van der Waals surface area (Å²) in [5.41, 5.74) is 4.14. The molecule has 1 aromatic carbocycles. The van der Waals surface area contributed by atoms with Crippen molar-refractivity contribution in [3.05, 3.63) is 39.5 Å². The quantitative estimate of drug-likeness (QED) is 0.0276. The van der Waals surface area contributed by atoms with Gasteiger partial charge in [0.15, 0.2) is 27.5 Å². The van der Waals surface area contributed by atoms with Gasteiger partial charge in [0.05, 0.1) is 43.5 Å². The number of nitrogens with one attached hydrogen (secondary N) is 3. The summed E-state index contributed by atoms with van der Waals surface area (Å²) in [5.74, 6) is -4.98. The van der Waals surface area contributed by atoms with E-state index in [0.717, 1.165) is 42.2 Å². The van der Waals surface area contributed by atoms with E-state index in [1.54, 1.807) is 0 Å². The van der Waals surface area contributed by atoms with Crippen molar-refractivity contribution in [2.45, 2.75) is 43.7 Å². The molecule has 3 aliphatic rings. The molecule has 8 N–H and O–H groups in total. The van der Waals surface area contributed by atoms with E-state index in [9.17, 15) is 39.6 Å². The van der Waals surface area contributed by atoms with E-state index in [1.807, 2.05) is 0 Å². The fourth-order valence-corrected chi connectivity index (χ4v) is 8.20. The second kappa shape index (κ2) is 15.1. The number of rotatable bonds is 13. The number of phenols is 2. The second-order valence-electron chi connectivity index (χ2n) is 12.6. The van der Waals surface area contributed by atoms with Gasteiger partial charge in [0.2, 0.25) is 5.60 Å². The zero-order valence-corrected chi connectivity index (χ0v) is 30.5. The van der Waals surface area contributed by atoms with Crippen LogP contribution in [0.25, 0.3) is 0 Å². The van der Waals surface area contributed by atoms with Crippen LogP contribution in [0.1, 0.15) is 32.4 Å². The van der Waals surface area contributed by atoms with Crippen molar-refractivity contribution in [3.8, 4) is 11.5 Å². The number of nitrogens with zero attached hydrogens (tertiary/aromatic N) is 4. The normalized spacial score (nSPS) is 19.9. The number of hydrogen-bond acceptors (Lipinski definition) is 14. The number of aromatic hydroxyl groups is 2. The minimum atomic E-state index is -1.79. The smallest absolute Gasteiger partial charge is 0.350 e. The van der Waals surface area contributed by atoms with Gasteiger partial charge in [0.1, 0.15) is 28.7 Å². The molecule has 0 bridgehead atoms. The molecule has 0 unspecified atom stereocenters. The molecule has 2 atom stereocenters. The molecule has 4 heterocycles. The third-order valence-electron chi connectivity index (χ3n) is 8.64. The van der Waals surface area contributed by atoms with Crippen molar-refractivity contribution in [1.82, 2.24) is 20.5 Å². The van der Waals surface area contributed by atoms with Crippen molar-refractivity contribution in [2.24, 2.45) is 5.16 Å². The van der Waals surface area contributed by atoms with Gasteiger partial charge in [-0.2, -0.15) is 0 Å². The number of hydrogen-bond donors (Lipinski definition) is 7. The summed E-state index contributed by atoms with van der Waals surface area (Å²) in [6.07, 6.45) is 1.85. The minimum Gasteiger partial charge on any atom is -0.543 e. The molecule has 3 aliphatic heterocycles. The number of benzene rings is 1. The molecule has 21 heteroatoms. The molecule has 51 heavy (non-hydrogen) atoms. The molecule has 0 saturated carbocycles. The van der Waals surface area contributed by atoms with Gasteiger partial charge in [-0.15, -0.1) is 23.1 Å². The van der Waals surface area contributed by atoms with Gasteiger partial charge in [0, 0.05) is 29.5 Å². The fourth-order valence-electron chi connectivity index (χ4n) is 5.90. The first-order valence-corrected chi connectivity index (χ1v) is 18.3. The maximum atomic E-state index is 13.5. The zero-order chi connectivity index (χ0) is 37.2. The average molecular weight is 783 g/mol. The van der Waals surface area contributed by atoms with Crippen LogP contribution in [0.2, 0.25) is 5.02 Å². The van der Waals surface area contributed by atoms with E-state index in [-0.39, 0.29) is 38.2 Å². The number of halogens is 1.